The summed E-state index contributed by atoms with van der Waals surface area (Å²) in [4.78, 5) is 46.3. The van der Waals surface area contributed by atoms with Gasteiger partial charge < -0.3 is 24.5 Å². The van der Waals surface area contributed by atoms with Crippen molar-refractivity contribution in [3.8, 4) is 17.0 Å². The highest BCUT2D eigenvalue weighted by Crippen LogP contribution is 2.43. The van der Waals surface area contributed by atoms with Crippen LogP contribution in [-0.2, 0) is 4.79 Å². The maximum Gasteiger partial charge on any atom is 0.407 e. The number of ketones is 1. The van der Waals surface area contributed by atoms with E-state index in [4.69, 9.17) is 4.74 Å². The summed E-state index contributed by atoms with van der Waals surface area (Å²) >= 11 is 0. The highest BCUT2D eigenvalue weighted by Gasteiger charge is 2.45. The molecule has 2 saturated heterocycles. The number of pyridine rings is 1. The molecule has 3 aliphatic rings. The van der Waals surface area contributed by atoms with Gasteiger partial charge in [-0.3, -0.25) is 9.59 Å². The minimum absolute atomic E-state index is 0.00725. The number of Topliss-reactive ketones (excluding diaryl/α,β-unsaturated/α-hetero) is 1. The van der Waals surface area contributed by atoms with Crippen molar-refractivity contribution in [1.82, 2.24) is 14.8 Å². The molecule has 1 atom stereocenters. The van der Waals surface area contributed by atoms with E-state index in [0.717, 1.165) is 0 Å². The molecule has 0 radical (unpaired) electrons. The van der Waals surface area contributed by atoms with Gasteiger partial charge in [0, 0.05) is 37.2 Å². The van der Waals surface area contributed by atoms with Crippen molar-refractivity contribution >= 4 is 23.6 Å². The fourth-order valence-electron chi connectivity index (χ4n) is 5.03. The van der Waals surface area contributed by atoms with Crippen LogP contribution in [0.15, 0.2) is 24.3 Å². The number of nitrogens with zero attached hydrogens (tertiary/aromatic N) is 4. The van der Waals surface area contributed by atoms with E-state index in [1.807, 2.05) is 13.8 Å². The van der Waals surface area contributed by atoms with Crippen LogP contribution < -0.4 is 9.64 Å². The van der Waals surface area contributed by atoms with Crippen LogP contribution in [-0.4, -0.2) is 82.0 Å². The number of piperazine rings is 1. The van der Waals surface area contributed by atoms with Crippen molar-refractivity contribution in [2.45, 2.75) is 31.8 Å². The molecule has 2 amide bonds. The zero-order chi connectivity index (χ0) is 25.1. The highest BCUT2D eigenvalue weighted by atomic mass is 19.1. The average Bonchev–Trinajstić information content (AvgIpc) is 2.99. The lowest BCUT2D eigenvalue weighted by molar-refractivity contribution is -0.116. The molecule has 2 aromatic rings. The van der Waals surface area contributed by atoms with E-state index in [-0.39, 0.29) is 73.4 Å². The second kappa shape index (κ2) is 8.17. The number of carbonyl (C=O) groups is 3. The zero-order valence-electron chi connectivity index (χ0n) is 19.3. The minimum Gasteiger partial charge on any atom is -0.487 e. The number of hydrogen-bond acceptors (Lipinski definition) is 6. The van der Waals surface area contributed by atoms with Crippen LogP contribution in [0, 0.1) is 11.6 Å². The molecule has 1 aromatic carbocycles. The molecule has 0 bridgehead atoms. The van der Waals surface area contributed by atoms with Gasteiger partial charge in [0.25, 0.3) is 5.91 Å². The molecule has 0 spiro atoms. The Balaban J connectivity index is 1.70. The summed E-state index contributed by atoms with van der Waals surface area (Å²) in [6.45, 7) is 3.63. The SMILES string of the molecule is CC1(C)CC(=O)CN1c1nc(-c2ccccc2F)c(F)c2c1C(=O)N1CCN(C(=O)O)C[C@@H]1CO2. The molecule has 35 heavy (non-hydrogen) atoms. The number of hydrogen-bond donors (Lipinski definition) is 1. The summed E-state index contributed by atoms with van der Waals surface area (Å²) in [7, 11) is 0. The Morgan fingerprint density at radius 2 is 1.94 bits per heavy atom. The summed E-state index contributed by atoms with van der Waals surface area (Å²) in [6.07, 6.45) is -0.920. The Hall–Kier alpha value is -3.76. The van der Waals surface area contributed by atoms with Crippen LogP contribution in [0.25, 0.3) is 11.3 Å². The minimum atomic E-state index is -1.12. The third-order valence-electron chi connectivity index (χ3n) is 6.80. The summed E-state index contributed by atoms with van der Waals surface area (Å²) in [5, 5.41) is 9.38. The number of benzene rings is 1. The van der Waals surface area contributed by atoms with Gasteiger partial charge in [0.2, 0.25) is 0 Å². The Morgan fingerprint density at radius 3 is 2.60 bits per heavy atom. The fraction of sp³-hybridized carbons (Fsp3) is 0.417. The molecule has 11 heteroatoms. The van der Waals surface area contributed by atoms with Gasteiger partial charge in [-0.15, -0.1) is 0 Å². The Bertz CT molecular complexity index is 1250. The van der Waals surface area contributed by atoms with E-state index in [2.05, 4.69) is 4.98 Å². The van der Waals surface area contributed by atoms with E-state index in [1.54, 1.807) is 11.0 Å². The molecule has 1 aromatic heterocycles. The molecule has 0 unspecified atom stereocenters. The zero-order valence-corrected chi connectivity index (χ0v) is 19.3. The van der Waals surface area contributed by atoms with E-state index in [9.17, 15) is 23.9 Å². The lowest BCUT2D eigenvalue weighted by atomic mass is 10.00. The Morgan fingerprint density at radius 1 is 1.20 bits per heavy atom. The number of carboxylic acid groups (broad SMARTS) is 1. The van der Waals surface area contributed by atoms with Crippen molar-refractivity contribution in [2.75, 3.05) is 37.7 Å². The van der Waals surface area contributed by atoms with Gasteiger partial charge in [0.15, 0.2) is 17.3 Å². The van der Waals surface area contributed by atoms with E-state index < -0.39 is 35.2 Å². The predicted molar refractivity (Wildman–Crippen MR) is 121 cm³/mol. The van der Waals surface area contributed by atoms with Crippen molar-refractivity contribution in [1.29, 1.82) is 0 Å². The van der Waals surface area contributed by atoms with Gasteiger partial charge >= 0.3 is 6.09 Å². The molecule has 1 N–H and O–H groups in total. The van der Waals surface area contributed by atoms with Crippen LogP contribution in [0.3, 0.4) is 0 Å². The largest absolute Gasteiger partial charge is 0.487 e. The molecule has 2 fully saturated rings. The van der Waals surface area contributed by atoms with Gasteiger partial charge in [0.1, 0.15) is 29.5 Å². The fourth-order valence-corrected chi connectivity index (χ4v) is 5.03. The molecule has 4 heterocycles. The van der Waals surface area contributed by atoms with Crippen molar-refractivity contribution in [3.05, 3.63) is 41.5 Å². The third kappa shape index (κ3) is 3.75. The first-order valence-electron chi connectivity index (χ1n) is 11.3. The molecule has 9 nitrogen and oxygen atoms in total. The molecule has 0 aliphatic carbocycles. The first kappa shape index (κ1) is 23.0. The quantitative estimate of drug-likeness (QED) is 0.696. The number of ether oxygens (including phenoxy) is 1. The summed E-state index contributed by atoms with van der Waals surface area (Å²) in [5.41, 5.74) is -1.30. The normalized spacial score (nSPS) is 21.4. The van der Waals surface area contributed by atoms with Crippen molar-refractivity contribution in [3.63, 3.8) is 0 Å². The number of halogens is 2. The van der Waals surface area contributed by atoms with E-state index >= 15 is 4.39 Å². The number of anilines is 1. The lowest BCUT2D eigenvalue weighted by Gasteiger charge is -2.39. The van der Waals surface area contributed by atoms with Gasteiger partial charge in [-0.2, -0.15) is 0 Å². The molecule has 0 saturated carbocycles. The monoisotopic (exact) mass is 486 g/mol. The summed E-state index contributed by atoms with van der Waals surface area (Å²) in [6, 6.07) is 4.93. The molecule has 184 valence electrons. The standard InChI is InChI=1S/C24H24F2N4O5/c1-24(2)9-14(31)11-30(24)21-17-20(18(26)19(27-21)15-5-3-4-6-16(15)25)35-12-13-10-28(23(33)34)7-8-29(13)22(17)32/h3-6,13H,7-12H2,1-2H3,(H,33,34)/t13-/m1/s1. The van der Waals surface area contributed by atoms with Crippen LogP contribution in [0.1, 0.15) is 30.6 Å². The van der Waals surface area contributed by atoms with Gasteiger partial charge in [-0.1, -0.05) is 12.1 Å². The molecular weight excluding hydrogens is 462 g/mol. The highest BCUT2D eigenvalue weighted by molar-refractivity contribution is 6.04. The van der Waals surface area contributed by atoms with Crippen molar-refractivity contribution < 1.29 is 33.0 Å². The summed E-state index contributed by atoms with van der Waals surface area (Å²) in [5.74, 6) is -2.65. The lowest BCUT2D eigenvalue weighted by Crippen LogP contribution is -2.57. The first-order valence-corrected chi connectivity index (χ1v) is 11.3. The number of amides is 2. The van der Waals surface area contributed by atoms with E-state index in [0.29, 0.717) is 0 Å². The topological polar surface area (TPSA) is 103 Å². The van der Waals surface area contributed by atoms with Crippen LogP contribution >= 0.6 is 0 Å². The number of aromatic nitrogens is 1. The molecular formula is C24H24F2N4O5. The number of rotatable bonds is 2. The van der Waals surface area contributed by atoms with Gasteiger partial charge in [-0.25, -0.2) is 18.6 Å². The van der Waals surface area contributed by atoms with Gasteiger partial charge in [-0.05, 0) is 26.0 Å². The molecule has 3 aliphatic heterocycles. The summed E-state index contributed by atoms with van der Waals surface area (Å²) < 4.78 is 36.4. The third-order valence-corrected chi connectivity index (χ3v) is 6.80. The number of fused-ring (bicyclic) bond motifs is 2. The maximum absolute atomic E-state index is 15.9. The second-order valence-electron chi connectivity index (χ2n) is 9.59. The molecule has 5 rings (SSSR count). The van der Waals surface area contributed by atoms with Crippen LogP contribution in [0.5, 0.6) is 5.75 Å². The predicted octanol–water partition coefficient (Wildman–Crippen LogP) is 2.78. The van der Waals surface area contributed by atoms with Crippen molar-refractivity contribution in [2.24, 2.45) is 0 Å². The second-order valence-corrected chi connectivity index (χ2v) is 9.59. The Kier molecular flexibility index (Phi) is 5.37. The average molecular weight is 486 g/mol. The van der Waals surface area contributed by atoms with Crippen LogP contribution in [0.2, 0.25) is 0 Å². The maximum atomic E-state index is 15.9. The van der Waals surface area contributed by atoms with E-state index in [1.165, 1.54) is 28.0 Å². The first-order chi connectivity index (χ1) is 16.6. The van der Waals surface area contributed by atoms with Gasteiger partial charge in [0.05, 0.1) is 12.6 Å². The Labute approximate surface area is 199 Å². The van der Waals surface area contributed by atoms with Crippen LogP contribution in [0.4, 0.5) is 19.4 Å². The number of carbonyl (C=O) groups excluding carboxylic acids is 2. The smallest absolute Gasteiger partial charge is 0.407 e.